The van der Waals surface area contributed by atoms with Crippen molar-refractivity contribution in [1.82, 2.24) is 25.3 Å². The smallest absolute Gasteiger partial charge is 0.259 e. The molecule has 1 fully saturated rings. The highest BCUT2D eigenvalue weighted by atomic mass is 16.5. The molecule has 112 valence electrons. The second kappa shape index (κ2) is 5.54. The fourth-order valence-electron chi connectivity index (χ4n) is 2.63. The summed E-state index contributed by atoms with van der Waals surface area (Å²) in [6.45, 7) is 10.2. The Morgan fingerprint density at radius 1 is 1.24 bits per heavy atom. The van der Waals surface area contributed by atoms with E-state index in [1.165, 1.54) is 0 Å². The maximum Gasteiger partial charge on any atom is 0.259 e. The molecule has 0 unspecified atom stereocenters. The van der Waals surface area contributed by atoms with Crippen molar-refractivity contribution >= 4 is 0 Å². The number of hydrogen-bond acceptors (Lipinski definition) is 6. The quantitative estimate of drug-likeness (QED) is 0.924. The predicted molar refractivity (Wildman–Crippen MR) is 79.7 cm³/mol. The minimum absolute atomic E-state index is 0.235. The largest absolute Gasteiger partial charge is 0.334 e. The number of pyridine rings is 1. The molecule has 0 bridgehead atoms. The fraction of sp³-hybridized carbons (Fsp3) is 0.533. The molecule has 0 aromatic carbocycles. The van der Waals surface area contributed by atoms with Gasteiger partial charge in [0.05, 0.1) is 11.1 Å². The topological polar surface area (TPSA) is 67.1 Å². The highest BCUT2D eigenvalue weighted by Crippen LogP contribution is 2.27. The Balaban J connectivity index is 1.86. The molecular weight excluding hydrogens is 266 g/mol. The van der Waals surface area contributed by atoms with E-state index in [1.54, 1.807) is 6.20 Å². The van der Waals surface area contributed by atoms with Crippen LogP contribution in [-0.2, 0) is 5.54 Å². The number of nitrogens with one attached hydrogen (secondary N) is 1. The molecule has 2 aromatic heterocycles. The van der Waals surface area contributed by atoms with Gasteiger partial charge in [0.1, 0.15) is 0 Å². The third-order valence-corrected chi connectivity index (χ3v) is 4.00. The Morgan fingerprint density at radius 3 is 2.71 bits per heavy atom. The van der Waals surface area contributed by atoms with E-state index in [9.17, 15) is 0 Å². The van der Waals surface area contributed by atoms with E-state index in [2.05, 4.69) is 39.2 Å². The molecule has 0 spiro atoms. The van der Waals surface area contributed by atoms with Crippen LogP contribution in [0.5, 0.6) is 0 Å². The van der Waals surface area contributed by atoms with E-state index in [4.69, 9.17) is 4.52 Å². The normalized spacial score (nSPS) is 17.1. The minimum atomic E-state index is -0.235. The third-order valence-electron chi connectivity index (χ3n) is 4.00. The van der Waals surface area contributed by atoms with Crippen LogP contribution >= 0.6 is 0 Å². The maximum atomic E-state index is 5.44. The lowest BCUT2D eigenvalue weighted by molar-refractivity contribution is 0.0925. The van der Waals surface area contributed by atoms with E-state index in [1.807, 2.05) is 19.2 Å². The van der Waals surface area contributed by atoms with Gasteiger partial charge in [-0.15, -0.1) is 0 Å². The van der Waals surface area contributed by atoms with Gasteiger partial charge in [-0.25, -0.2) is 0 Å². The molecule has 0 saturated carbocycles. The minimum Gasteiger partial charge on any atom is -0.334 e. The van der Waals surface area contributed by atoms with Crippen LogP contribution in [0.1, 0.15) is 25.2 Å². The first-order valence-corrected chi connectivity index (χ1v) is 7.29. The first kappa shape index (κ1) is 14.2. The molecule has 0 atom stereocenters. The average molecular weight is 287 g/mol. The van der Waals surface area contributed by atoms with Crippen molar-refractivity contribution in [3.8, 4) is 11.5 Å². The average Bonchev–Trinajstić information content (AvgIpc) is 2.99. The zero-order chi connectivity index (χ0) is 14.9. The summed E-state index contributed by atoms with van der Waals surface area (Å²) in [5.74, 6) is 1.25. The molecule has 1 aliphatic heterocycles. The summed E-state index contributed by atoms with van der Waals surface area (Å²) in [5.41, 5.74) is 1.71. The Kier molecular flexibility index (Phi) is 3.73. The van der Waals surface area contributed by atoms with Gasteiger partial charge >= 0.3 is 0 Å². The van der Waals surface area contributed by atoms with Crippen LogP contribution in [-0.4, -0.2) is 46.2 Å². The summed E-state index contributed by atoms with van der Waals surface area (Å²) in [7, 11) is 0. The van der Waals surface area contributed by atoms with Crippen molar-refractivity contribution < 1.29 is 4.52 Å². The van der Waals surface area contributed by atoms with Crippen molar-refractivity contribution in [2.24, 2.45) is 0 Å². The van der Waals surface area contributed by atoms with Gasteiger partial charge < -0.3 is 9.84 Å². The number of rotatable bonds is 3. The van der Waals surface area contributed by atoms with E-state index in [-0.39, 0.29) is 5.54 Å². The maximum absolute atomic E-state index is 5.44. The van der Waals surface area contributed by atoms with Crippen molar-refractivity contribution in [1.29, 1.82) is 0 Å². The SMILES string of the molecule is Cc1cncc(-c2nc(C(C)(C)N3CCNCC3)no2)c1. The highest BCUT2D eigenvalue weighted by Gasteiger charge is 2.34. The molecule has 6 nitrogen and oxygen atoms in total. The summed E-state index contributed by atoms with van der Waals surface area (Å²) in [6, 6.07) is 2.00. The number of hydrogen-bond donors (Lipinski definition) is 1. The van der Waals surface area contributed by atoms with Crippen LogP contribution in [0.4, 0.5) is 0 Å². The monoisotopic (exact) mass is 287 g/mol. The lowest BCUT2D eigenvalue weighted by Crippen LogP contribution is -2.52. The van der Waals surface area contributed by atoms with Gasteiger partial charge in [-0.1, -0.05) is 5.16 Å². The second-order valence-corrected chi connectivity index (χ2v) is 5.97. The second-order valence-electron chi connectivity index (χ2n) is 5.97. The summed E-state index contributed by atoms with van der Waals surface area (Å²) in [4.78, 5) is 11.1. The van der Waals surface area contributed by atoms with Crippen LogP contribution in [0, 0.1) is 6.92 Å². The predicted octanol–water partition coefficient (Wildman–Crippen LogP) is 1.58. The number of nitrogens with zero attached hydrogens (tertiary/aromatic N) is 4. The molecule has 0 amide bonds. The molecule has 0 aliphatic carbocycles. The molecule has 3 rings (SSSR count). The van der Waals surface area contributed by atoms with Crippen LogP contribution in [0.2, 0.25) is 0 Å². The first-order chi connectivity index (χ1) is 10.1. The van der Waals surface area contributed by atoms with Gasteiger partial charge in [-0.3, -0.25) is 9.88 Å². The van der Waals surface area contributed by atoms with Crippen LogP contribution < -0.4 is 5.32 Å². The number of piperazine rings is 1. The highest BCUT2D eigenvalue weighted by molar-refractivity contribution is 5.52. The zero-order valence-corrected chi connectivity index (χ0v) is 12.8. The van der Waals surface area contributed by atoms with E-state index in [0.717, 1.165) is 43.1 Å². The van der Waals surface area contributed by atoms with Crippen molar-refractivity contribution in [3.63, 3.8) is 0 Å². The Bertz CT molecular complexity index is 616. The lowest BCUT2D eigenvalue weighted by Gasteiger charge is -2.38. The van der Waals surface area contributed by atoms with E-state index < -0.39 is 0 Å². The molecule has 1 N–H and O–H groups in total. The molecule has 6 heteroatoms. The van der Waals surface area contributed by atoms with Gasteiger partial charge in [0.2, 0.25) is 0 Å². The van der Waals surface area contributed by atoms with Gasteiger partial charge in [0, 0.05) is 38.6 Å². The standard InChI is InChI=1S/C15H21N5O/c1-11-8-12(10-17-9-11)13-18-14(19-21-13)15(2,3)20-6-4-16-5-7-20/h8-10,16H,4-7H2,1-3H3. The summed E-state index contributed by atoms with van der Waals surface area (Å²) in [5, 5.41) is 7.55. The van der Waals surface area contributed by atoms with Crippen LogP contribution in [0.3, 0.4) is 0 Å². The number of aromatic nitrogens is 3. The molecule has 21 heavy (non-hydrogen) atoms. The van der Waals surface area contributed by atoms with Gasteiger partial charge in [0.25, 0.3) is 5.89 Å². The van der Waals surface area contributed by atoms with Crippen molar-refractivity contribution in [2.75, 3.05) is 26.2 Å². The Labute approximate surface area is 124 Å². The zero-order valence-electron chi connectivity index (χ0n) is 12.8. The number of aryl methyl sites for hydroxylation is 1. The molecular formula is C15H21N5O. The molecule has 0 radical (unpaired) electrons. The Morgan fingerprint density at radius 2 is 2.00 bits per heavy atom. The molecule has 2 aromatic rings. The van der Waals surface area contributed by atoms with Gasteiger partial charge in [-0.2, -0.15) is 4.98 Å². The molecule has 3 heterocycles. The van der Waals surface area contributed by atoms with Crippen molar-refractivity contribution in [3.05, 3.63) is 29.8 Å². The lowest BCUT2D eigenvalue weighted by atomic mass is 10.0. The Hall–Kier alpha value is -1.79. The van der Waals surface area contributed by atoms with Crippen molar-refractivity contribution in [2.45, 2.75) is 26.3 Å². The summed E-state index contributed by atoms with van der Waals surface area (Å²) < 4.78 is 5.44. The van der Waals surface area contributed by atoms with Gasteiger partial charge in [0.15, 0.2) is 5.82 Å². The van der Waals surface area contributed by atoms with E-state index >= 15 is 0 Å². The fourth-order valence-corrected chi connectivity index (χ4v) is 2.63. The summed E-state index contributed by atoms with van der Waals surface area (Å²) in [6.07, 6.45) is 3.56. The third kappa shape index (κ3) is 2.82. The van der Waals surface area contributed by atoms with Gasteiger partial charge in [-0.05, 0) is 32.4 Å². The molecule has 1 saturated heterocycles. The molecule has 1 aliphatic rings. The van der Waals surface area contributed by atoms with Crippen LogP contribution in [0.25, 0.3) is 11.5 Å². The summed E-state index contributed by atoms with van der Waals surface area (Å²) >= 11 is 0. The van der Waals surface area contributed by atoms with E-state index in [0.29, 0.717) is 5.89 Å². The van der Waals surface area contributed by atoms with Crippen LogP contribution in [0.15, 0.2) is 23.0 Å². The first-order valence-electron chi connectivity index (χ1n) is 7.29.